The maximum absolute atomic E-state index is 12.7. The van der Waals surface area contributed by atoms with Gasteiger partial charge in [0.05, 0.1) is 19.8 Å². The summed E-state index contributed by atoms with van der Waals surface area (Å²) >= 11 is 0. The number of hydrogen-bond acceptors (Lipinski definition) is 4. The van der Waals surface area contributed by atoms with E-state index in [2.05, 4.69) is 4.98 Å². The van der Waals surface area contributed by atoms with E-state index in [9.17, 15) is 4.79 Å². The van der Waals surface area contributed by atoms with E-state index >= 15 is 0 Å². The van der Waals surface area contributed by atoms with Crippen molar-refractivity contribution >= 4 is 5.91 Å². The van der Waals surface area contributed by atoms with Crippen molar-refractivity contribution in [3.63, 3.8) is 0 Å². The fraction of sp³-hybridized carbons (Fsp3) is 0.333. The lowest BCUT2D eigenvalue weighted by Gasteiger charge is -2.30. The van der Waals surface area contributed by atoms with E-state index in [4.69, 9.17) is 9.47 Å². The maximum atomic E-state index is 12.7. The molecule has 1 amide bonds. The number of nitrogens with zero attached hydrogens (tertiary/aromatic N) is 2. The van der Waals surface area contributed by atoms with Gasteiger partial charge < -0.3 is 14.4 Å². The van der Waals surface area contributed by atoms with Crippen molar-refractivity contribution in [2.75, 3.05) is 20.8 Å². The molecular formula is C18H20N2O3. The maximum Gasteiger partial charge on any atom is 0.255 e. The van der Waals surface area contributed by atoms with Crippen LogP contribution in [0.15, 0.2) is 30.6 Å². The van der Waals surface area contributed by atoms with Gasteiger partial charge in [0.25, 0.3) is 5.91 Å². The molecule has 0 unspecified atom stereocenters. The van der Waals surface area contributed by atoms with Crippen LogP contribution in [0.5, 0.6) is 11.5 Å². The number of carbonyl (C=O) groups excluding carboxylic acids is 1. The minimum atomic E-state index is 0.0241. The zero-order valence-electron chi connectivity index (χ0n) is 13.6. The number of rotatable bonds is 3. The lowest BCUT2D eigenvalue weighted by molar-refractivity contribution is 0.0733. The molecule has 0 spiro atoms. The number of hydrogen-bond donors (Lipinski definition) is 0. The highest BCUT2D eigenvalue weighted by molar-refractivity contribution is 5.95. The largest absolute Gasteiger partial charge is 0.493 e. The smallest absolute Gasteiger partial charge is 0.255 e. The van der Waals surface area contributed by atoms with Crippen molar-refractivity contribution in [2.45, 2.75) is 19.9 Å². The van der Waals surface area contributed by atoms with Gasteiger partial charge in [-0.3, -0.25) is 9.78 Å². The van der Waals surface area contributed by atoms with Gasteiger partial charge in [0.1, 0.15) is 0 Å². The molecule has 23 heavy (non-hydrogen) atoms. The first-order chi connectivity index (χ1) is 11.1. The number of ether oxygens (including phenoxy) is 2. The highest BCUT2D eigenvalue weighted by atomic mass is 16.5. The molecule has 2 aromatic rings. The molecule has 1 aromatic carbocycles. The second-order valence-electron chi connectivity index (χ2n) is 5.64. The van der Waals surface area contributed by atoms with Gasteiger partial charge >= 0.3 is 0 Å². The number of aryl methyl sites for hydroxylation is 1. The molecule has 0 saturated carbocycles. The van der Waals surface area contributed by atoms with Gasteiger partial charge in [0.2, 0.25) is 0 Å². The van der Waals surface area contributed by atoms with E-state index in [1.165, 1.54) is 5.56 Å². The number of benzene rings is 1. The standard InChI is InChI=1S/C18H20N2O3/c1-12-4-6-19-10-15(12)18(21)20-7-5-13-8-16(22-2)17(23-3)9-14(13)11-20/h4,6,8-10H,5,7,11H2,1-3H3. The zero-order valence-corrected chi connectivity index (χ0v) is 13.6. The first-order valence-corrected chi connectivity index (χ1v) is 7.57. The molecule has 5 heteroatoms. The van der Waals surface area contributed by atoms with Crippen molar-refractivity contribution in [1.29, 1.82) is 0 Å². The average molecular weight is 312 g/mol. The van der Waals surface area contributed by atoms with Crippen molar-refractivity contribution < 1.29 is 14.3 Å². The monoisotopic (exact) mass is 312 g/mol. The highest BCUT2D eigenvalue weighted by Gasteiger charge is 2.24. The Hall–Kier alpha value is -2.56. The summed E-state index contributed by atoms with van der Waals surface area (Å²) in [4.78, 5) is 18.7. The van der Waals surface area contributed by atoms with Gasteiger partial charge in [0, 0.05) is 25.5 Å². The molecule has 0 saturated heterocycles. The lowest BCUT2D eigenvalue weighted by Crippen LogP contribution is -2.36. The summed E-state index contributed by atoms with van der Waals surface area (Å²) in [5.41, 5.74) is 3.91. The summed E-state index contributed by atoms with van der Waals surface area (Å²) in [5, 5.41) is 0. The SMILES string of the molecule is COc1cc2c(cc1OC)CN(C(=O)c1cnccc1C)CC2. The molecule has 0 bridgehead atoms. The number of fused-ring (bicyclic) bond motifs is 1. The number of pyridine rings is 1. The van der Waals surface area contributed by atoms with E-state index in [0.717, 1.165) is 23.3 Å². The predicted molar refractivity (Wildman–Crippen MR) is 87.0 cm³/mol. The lowest BCUT2D eigenvalue weighted by atomic mass is 9.98. The Labute approximate surface area is 135 Å². The van der Waals surface area contributed by atoms with Gasteiger partial charge in [-0.2, -0.15) is 0 Å². The van der Waals surface area contributed by atoms with Crippen molar-refractivity contribution in [3.05, 3.63) is 52.8 Å². The van der Waals surface area contributed by atoms with Crippen molar-refractivity contribution in [3.8, 4) is 11.5 Å². The molecule has 0 fully saturated rings. The first kappa shape index (κ1) is 15.3. The fourth-order valence-electron chi connectivity index (χ4n) is 2.91. The molecular weight excluding hydrogens is 292 g/mol. The van der Waals surface area contributed by atoms with Gasteiger partial charge in [-0.25, -0.2) is 0 Å². The molecule has 0 aliphatic carbocycles. The minimum absolute atomic E-state index is 0.0241. The number of carbonyl (C=O) groups is 1. The van der Waals surface area contributed by atoms with E-state index in [0.29, 0.717) is 24.4 Å². The second-order valence-corrected chi connectivity index (χ2v) is 5.64. The zero-order chi connectivity index (χ0) is 16.4. The Balaban J connectivity index is 1.88. The summed E-state index contributed by atoms with van der Waals surface area (Å²) in [5.74, 6) is 1.45. The molecule has 1 aromatic heterocycles. The number of methoxy groups -OCH3 is 2. The van der Waals surface area contributed by atoms with Crippen molar-refractivity contribution in [2.24, 2.45) is 0 Å². The molecule has 2 heterocycles. The quantitative estimate of drug-likeness (QED) is 0.874. The first-order valence-electron chi connectivity index (χ1n) is 7.57. The Bertz CT molecular complexity index is 743. The summed E-state index contributed by atoms with van der Waals surface area (Å²) in [6, 6.07) is 5.83. The molecule has 120 valence electrons. The Morgan fingerprint density at radius 3 is 2.52 bits per heavy atom. The number of amides is 1. The van der Waals surface area contributed by atoms with Gasteiger partial charge in [-0.05, 0) is 48.2 Å². The van der Waals surface area contributed by atoms with E-state index in [1.807, 2.05) is 30.0 Å². The number of aromatic nitrogens is 1. The van der Waals surface area contributed by atoms with Crippen LogP contribution in [0.3, 0.4) is 0 Å². The van der Waals surface area contributed by atoms with Crippen LogP contribution >= 0.6 is 0 Å². The van der Waals surface area contributed by atoms with Crippen LogP contribution in [0.1, 0.15) is 27.0 Å². The summed E-state index contributed by atoms with van der Waals surface area (Å²) in [7, 11) is 3.25. The molecule has 1 aliphatic rings. The van der Waals surface area contributed by atoms with Crippen LogP contribution < -0.4 is 9.47 Å². The normalized spacial score (nSPS) is 13.4. The van der Waals surface area contributed by atoms with Crippen LogP contribution in [0.4, 0.5) is 0 Å². The third kappa shape index (κ3) is 2.86. The van der Waals surface area contributed by atoms with Crippen LogP contribution in [0.2, 0.25) is 0 Å². The molecule has 3 rings (SSSR count). The molecule has 0 N–H and O–H groups in total. The molecule has 5 nitrogen and oxygen atoms in total. The van der Waals surface area contributed by atoms with Crippen LogP contribution in [0, 0.1) is 6.92 Å². The van der Waals surface area contributed by atoms with E-state index in [1.54, 1.807) is 26.6 Å². The summed E-state index contributed by atoms with van der Waals surface area (Å²) in [6.07, 6.45) is 4.15. The highest BCUT2D eigenvalue weighted by Crippen LogP contribution is 2.33. The molecule has 0 radical (unpaired) electrons. The van der Waals surface area contributed by atoms with Gasteiger partial charge in [0.15, 0.2) is 11.5 Å². The van der Waals surface area contributed by atoms with Crippen molar-refractivity contribution in [1.82, 2.24) is 9.88 Å². The summed E-state index contributed by atoms with van der Waals surface area (Å²) < 4.78 is 10.7. The molecule has 1 aliphatic heterocycles. The van der Waals surface area contributed by atoms with Crippen LogP contribution in [-0.2, 0) is 13.0 Å². The Morgan fingerprint density at radius 1 is 1.17 bits per heavy atom. The van der Waals surface area contributed by atoms with E-state index < -0.39 is 0 Å². The second kappa shape index (κ2) is 6.28. The average Bonchev–Trinajstić information content (AvgIpc) is 2.59. The fourth-order valence-corrected chi connectivity index (χ4v) is 2.91. The molecule has 0 atom stereocenters. The third-order valence-corrected chi connectivity index (χ3v) is 4.27. The van der Waals surface area contributed by atoms with Gasteiger partial charge in [-0.1, -0.05) is 0 Å². The van der Waals surface area contributed by atoms with Crippen LogP contribution in [0.25, 0.3) is 0 Å². The Kier molecular flexibility index (Phi) is 4.19. The van der Waals surface area contributed by atoms with Crippen LogP contribution in [-0.4, -0.2) is 36.6 Å². The predicted octanol–water partition coefficient (Wildman–Crippen LogP) is 2.61. The van der Waals surface area contributed by atoms with Gasteiger partial charge in [-0.15, -0.1) is 0 Å². The Morgan fingerprint density at radius 2 is 1.87 bits per heavy atom. The van der Waals surface area contributed by atoms with E-state index in [-0.39, 0.29) is 5.91 Å². The summed E-state index contributed by atoms with van der Waals surface area (Å²) in [6.45, 7) is 3.19. The topological polar surface area (TPSA) is 51.7 Å². The minimum Gasteiger partial charge on any atom is -0.493 e. The third-order valence-electron chi connectivity index (χ3n) is 4.27.